The van der Waals surface area contributed by atoms with Crippen molar-refractivity contribution in [1.29, 1.82) is 0 Å². The molecule has 1 atom stereocenters. The standard InChI is InChI=1S/C19H23N5O2/c1-12(2)26-17-9-14-15(10-21-17)22-23-18(14)13-4-6-20-16(8-13)24-7-5-19(3,25)11-24/h4,6,8-10,12,25H,5,7,11H2,1-3H3,(H,22,23). The van der Waals surface area contributed by atoms with Crippen molar-refractivity contribution in [2.75, 3.05) is 18.0 Å². The number of nitrogens with one attached hydrogen (secondary N) is 1. The Labute approximate surface area is 152 Å². The van der Waals surface area contributed by atoms with Gasteiger partial charge in [-0.1, -0.05) is 0 Å². The lowest BCUT2D eigenvalue weighted by atomic mass is 10.1. The summed E-state index contributed by atoms with van der Waals surface area (Å²) in [7, 11) is 0. The molecule has 1 fully saturated rings. The van der Waals surface area contributed by atoms with Gasteiger partial charge in [-0.3, -0.25) is 5.10 Å². The van der Waals surface area contributed by atoms with Crippen LogP contribution in [-0.2, 0) is 0 Å². The number of β-amino-alcohol motifs (C(OH)–C–C–N with tert-alkyl or cyclic N) is 1. The van der Waals surface area contributed by atoms with Gasteiger partial charge in [-0.2, -0.15) is 5.10 Å². The van der Waals surface area contributed by atoms with Gasteiger partial charge in [0.1, 0.15) is 11.5 Å². The summed E-state index contributed by atoms with van der Waals surface area (Å²) in [6, 6.07) is 5.87. The van der Waals surface area contributed by atoms with Gasteiger partial charge in [0.25, 0.3) is 0 Å². The molecule has 4 rings (SSSR count). The first-order valence-electron chi connectivity index (χ1n) is 8.86. The molecule has 0 spiro atoms. The molecule has 3 aromatic rings. The van der Waals surface area contributed by atoms with Crippen molar-refractivity contribution < 1.29 is 9.84 Å². The third-order valence-corrected chi connectivity index (χ3v) is 4.57. The van der Waals surface area contributed by atoms with Crippen LogP contribution in [0.3, 0.4) is 0 Å². The number of nitrogens with zero attached hydrogens (tertiary/aromatic N) is 4. The minimum atomic E-state index is -0.661. The van der Waals surface area contributed by atoms with Crippen molar-refractivity contribution in [3.05, 3.63) is 30.6 Å². The van der Waals surface area contributed by atoms with Crippen LogP contribution in [0, 0.1) is 0 Å². The zero-order valence-corrected chi connectivity index (χ0v) is 15.2. The second-order valence-corrected chi connectivity index (χ2v) is 7.38. The summed E-state index contributed by atoms with van der Waals surface area (Å²) in [6.07, 6.45) is 4.32. The molecule has 26 heavy (non-hydrogen) atoms. The highest BCUT2D eigenvalue weighted by atomic mass is 16.5. The van der Waals surface area contributed by atoms with E-state index in [1.807, 2.05) is 39.0 Å². The first-order chi connectivity index (χ1) is 12.4. The fourth-order valence-corrected chi connectivity index (χ4v) is 3.30. The minimum Gasteiger partial charge on any atom is -0.475 e. The fourth-order valence-electron chi connectivity index (χ4n) is 3.30. The van der Waals surface area contributed by atoms with E-state index in [1.54, 1.807) is 12.4 Å². The lowest BCUT2D eigenvalue weighted by molar-refractivity contribution is 0.0839. The van der Waals surface area contributed by atoms with Crippen LogP contribution in [0.4, 0.5) is 5.82 Å². The molecule has 2 N–H and O–H groups in total. The number of anilines is 1. The highest BCUT2D eigenvalue weighted by molar-refractivity contribution is 5.93. The molecule has 0 amide bonds. The van der Waals surface area contributed by atoms with Crippen LogP contribution in [0.15, 0.2) is 30.6 Å². The highest BCUT2D eigenvalue weighted by Crippen LogP contribution is 2.31. The number of aromatic amines is 1. The van der Waals surface area contributed by atoms with E-state index in [-0.39, 0.29) is 6.10 Å². The number of aliphatic hydroxyl groups is 1. The Morgan fingerprint density at radius 1 is 1.31 bits per heavy atom. The predicted molar refractivity (Wildman–Crippen MR) is 100 cm³/mol. The van der Waals surface area contributed by atoms with E-state index in [0.717, 1.165) is 40.9 Å². The van der Waals surface area contributed by atoms with Crippen molar-refractivity contribution in [2.45, 2.75) is 38.9 Å². The molecule has 7 heteroatoms. The van der Waals surface area contributed by atoms with Gasteiger partial charge in [-0.15, -0.1) is 0 Å². The average molecular weight is 353 g/mol. The molecular formula is C19H23N5O2. The van der Waals surface area contributed by atoms with Gasteiger partial charge in [-0.25, -0.2) is 9.97 Å². The molecule has 0 saturated carbocycles. The number of ether oxygens (including phenoxy) is 1. The molecule has 0 bridgehead atoms. The number of H-pyrrole nitrogens is 1. The van der Waals surface area contributed by atoms with Gasteiger partial charge in [0.05, 0.1) is 23.4 Å². The summed E-state index contributed by atoms with van der Waals surface area (Å²) >= 11 is 0. The Morgan fingerprint density at radius 3 is 2.88 bits per heavy atom. The van der Waals surface area contributed by atoms with E-state index in [4.69, 9.17) is 4.74 Å². The summed E-state index contributed by atoms with van der Waals surface area (Å²) in [4.78, 5) is 10.9. The lowest BCUT2D eigenvalue weighted by Crippen LogP contribution is -2.29. The minimum absolute atomic E-state index is 0.0609. The van der Waals surface area contributed by atoms with E-state index < -0.39 is 5.60 Å². The second-order valence-electron chi connectivity index (χ2n) is 7.38. The summed E-state index contributed by atoms with van der Waals surface area (Å²) in [5.41, 5.74) is 2.00. The SMILES string of the molecule is CC(C)Oc1cc2c(-c3ccnc(N4CCC(C)(O)C4)c3)n[nH]c2cn1. The molecule has 3 aromatic heterocycles. The maximum Gasteiger partial charge on any atom is 0.214 e. The van der Waals surface area contributed by atoms with Crippen molar-refractivity contribution in [2.24, 2.45) is 0 Å². The number of hydrogen-bond donors (Lipinski definition) is 2. The maximum absolute atomic E-state index is 10.2. The monoisotopic (exact) mass is 353 g/mol. The zero-order valence-electron chi connectivity index (χ0n) is 15.2. The normalized spacial score (nSPS) is 20.3. The molecule has 1 aliphatic heterocycles. The molecular weight excluding hydrogens is 330 g/mol. The van der Waals surface area contributed by atoms with Crippen LogP contribution in [0.1, 0.15) is 27.2 Å². The van der Waals surface area contributed by atoms with Crippen molar-refractivity contribution in [3.8, 4) is 17.1 Å². The van der Waals surface area contributed by atoms with Gasteiger partial charge >= 0.3 is 0 Å². The van der Waals surface area contributed by atoms with Crippen molar-refractivity contribution >= 4 is 16.7 Å². The molecule has 1 aliphatic rings. The first-order valence-corrected chi connectivity index (χ1v) is 8.86. The van der Waals surface area contributed by atoms with Crippen LogP contribution >= 0.6 is 0 Å². The van der Waals surface area contributed by atoms with E-state index in [9.17, 15) is 5.11 Å². The van der Waals surface area contributed by atoms with E-state index in [1.165, 1.54) is 0 Å². The molecule has 136 valence electrons. The van der Waals surface area contributed by atoms with Gasteiger partial charge in [-0.05, 0) is 39.3 Å². The summed E-state index contributed by atoms with van der Waals surface area (Å²) < 4.78 is 5.71. The Kier molecular flexibility index (Phi) is 4.03. The summed E-state index contributed by atoms with van der Waals surface area (Å²) in [6.45, 7) is 7.19. The lowest BCUT2D eigenvalue weighted by Gasteiger charge is -2.20. The molecule has 0 aromatic carbocycles. The third kappa shape index (κ3) is 3.22. The van der Waals surface area contributed by atoms with Crippen LogP contribution in [-0.4, -0.2) is 50.1 Å². The van der Waals surface area contributed by atoms with Crippen molar-refractivity contribution in [3.63, 3.8) is 0 Å². The molecule has 0 radical (unpaired) electrons. The van der Waals surface area contributed by atoms with Crippen LogP contribution < -0.4 is 9.64 Å². The number of hydrogen-bond acceptors (Lipinski definition) is 6. The van der Waals surface area contributed by atoms with Gasteiger partial charge in [0, 0.05) is 36.3 Å². The number of aromatic nitrogens is 4. The van der Waals surface area contributed by atoms with Crippen LogP contribution in [0.25, 0.3) is 22.2 Å². The first kappa shape index (κ1) is 16.8. The molecule has 7 nitrogen and oxygen atoms in total. The molecule has 4 heterocycles. The zero-order chi connectivity index (χ0) is 18.3. The molecule has 1 saturated heterocycles. The maximum atomic E-state index is 10.2. The van der Waals surface area contributed by atoms with Gasteiger partial charge in [0.15, 0.2) is 0 Å². The smallest absolute Gasteiger partial charge is 0.214 e. The second kappa shape index (κ2) is 6.25. The fraction of sp³-hybridized carbons (Fsp3) is 0.421. The largest absolute Gasteiger partial charge is 0.475 e. The van der Waals surface area contributed by atoms with Gasteiger partial charge in [0.2, 0.25) is 5.88 Å². The summed E-state index contributed by atoms with van der Waals surface area (Å²) in [5.74, 6) is 1.43. The molecule has 0 aliphatic carbocycles. The van der Waals surface area contributed by atoms with E-state index in [2.05, 4.69) is 25.1 Å². The van der Waals surface area contributed by atoms with Crippen LogP contribution in [0.5, 0.6) is 5.88 Å². The van der Waals surface area contributed by atoms with Gasteiger partial charge < -0.3 is 14.7 Å². The Morgan fingerprint density at radius 2 is 2.15 bits per heavy atom. The van der Waals surface area contributed by atoms with Crippen molar-refractivity contribution in [1.82, 2.24) is 20.2 Å². The third-order valence-electron chi connectivity index (χ3n) is 4.57. The molecule has 1 unspecified atom stereocenters. The van der Waals surface area contributed by atoms with E-state index >= 15 is 0 Å². The summed E-state index contributed by atoms with van der Waals surface area (Å²) in [5, 5.41) is 18.7. The Hall–Kier alpha value is -2.67. The quantitative estimate of drug-likeness (QED) is 0.750. The topological polar surface area (TPSA) is 87.2 Å². The van der Waals surface area contributed by atoms with Crippen LogP contribution in [0.2, 0.25) is 0 Å². The highest BCUT2D eigenvalue weighted by Gasteiger charge is 2.32. The average Bonchev–Trinajstić information content (AvgIpc) is 3.17. The number of fused-ring (bicyclic) bond motifs is 1. The number of rotatable bonds is 4. The van der Waals surface area contributed by atoms with E-state index in [0.29, 0.717) is 12.4 Å². The Balaban J connectivity index is 1.70. The number of pyridine rings is 2. The Bertz CT molecular complexity index is 935. The predicted octanol–water partition coefficient (Wildman–Crippen LogP) is 2.77.